The monoisotopic (exact) mass is 529 g/mol. The third-order valence-electron chi connectivity index (χ3n) is 8.15. The molecule has 1 fully saturated rings. The van der Waals surface area contributed by atoms with E-state index in [2.05, 4.69) is 12.2 Å². The zero-order valence-corrected chi connectivity index (χ0v) is 23.3. The molecular weight excluding hydrogens is 490 g/mol. The number of hydrogen-bond acceptors (Lipinski definition) is 6. The summed E-state index contributed by atoms with van der Waals surface area (Å²) < 4.78 is 17.2. The van der Waals surface area contributed by atoms with Crippen molar-refractivity contribution in [2.45, 2.75) is 83.2 Å². The number of dihydropyridines is 1. The van der Waals surface area contributed by atoms with E-state index in [0.29, 0.717) is 30.6 Å². The van der Waals surface area contributed by atoms with Crippen molar-refractivity contribution in [2.75, 3.05) is 13.7 Å². The van der Waals surface area contributed by atoms with Crippen molar-refractivity contribution < 1.29 is 23.8 Å². The molecule has 3 aliphatic rings. The summed E-state index contributed by atoms with van der Waals surface area (Å²) in [6.07, 6.45) is 7.10. The number of nitrogens with one attached hydrogen (secondary N) is 1. The minimum atomic E-state index is -0.470. The van der Waals surface area contributed by atoms with Gasteiger partial charge in [-0.1, -0.05) is 37.6 Å². The molecule has 2 aromatic carbocycles. The van der Waals surface area contributed by atoms with E-state index in [-0.39, 0.29) is 23.8 Å². The van der Waals surface area contributed by atoms with Crippen LogP contribution in [0, 0.1) is 0 Å². The van der Waals surface area contributed by atoms with Crippen molar-refractivity contribution in [3.05, 3.63) is 82.2 Å². The van der Waals surface area contributed by atoms with Gasteiger partial charge in [0.2, 0.25) is 0 Å². The molecule has 6 nitrogen and oxygen atoms in total. The van der Waals surface area contributed by atoms with Crippen molar-refractivity contribution in [2.24, 2.45) is 0 Å². The summed E-state index contributed by atoms with van der Waals surface area (Å²) in [6, 6.07) is 15.8. The molecule has 0 spiro atoms. The molecule has 5 rings (SSSR count). The fourth-order valence-electron chi connectivity index (χ4n) is 6.13. The van der Waals surface area contributed by atoms with Gasteiger partial charge in [-0.2, -0.15) is 0 Å². The van der Waals surface area contributed by atoms with Crippen LogP contribution in [0.2, 0.25) is 0 Å². The van der Waals surface area contributed by atoms with Crippen LogP contribution < -0.4 is 14.8 Å². The molecule has 0 bridgehead atoms. The number of methoxy groups -OCH3 is 1. The lowest BCUT2D eigenvalue weighted by Gasteiger charge is -2.37. The molecule has 1 saturated carbocycles. The fourth-order valence-corrected chi connectivity index (χ4v) is 6.13. The third-order valence-corrected chi connectivity index (χ3v) is 8.15. The van der Waals surface area contributed by atoms with Gasteiger partial charge >= 0.3 is 5.97 Å². The number of carbonyl (C=O) groups is 2. The highest BCUT2D eigenvalue weighted by Crippen LogP contribution is 2.46. The minimum absolute atomic E-state index is 0.0590. The number of esters is 1. The number of allylic oxidation sites excluding steroid dienone is 3. The zero-order chi connectivity index (χ0) is 27.4. The van der Waals surface area contributed by atoms with Crippen molar-refractivity contribution in [1.82, 2.24) is 5.32 Å². The highest BCUT2D eigenvalue weighted by molar-refractivity contribution is 6.04. The Morgan fingerprint density at radius 3 is 2.26 bits per heavy atom. The van der Waals surface area contributed by atoms with E-state index >= 15 is 0 Å². The van der Waals surface area contributed by atoms with Gasteiger partial charge in [0.1, 0.15) is 17.6 Å². The molecule has 2 aliphatic carbocycles. The second kappa shape index (κ2) is 12.1. The molecule has 1 N–H and O–H groups in total. The molecule has 2 atom stereocenters. The van der Waals surface area contributed by atoms with Crippen LogP contribution in [0.4, 0.5) is 0 Å². The number of ketones is 1. The Balaban J connectivity index is 1.49. The highest BCUT2D eigenvalue weighted by Gasteiger charge is 2.42. The van der Waals surface area contributed by atoms with E-state index < -0.39 is 5.92 Å². The first-order valence-electron chi connectivity index (χ1n) is 14.3. The smallest absolute Gasteiger partial charge is 0.337 e. The second-order valence-electron chi connectivity index (χ2n) is 10.9. The van der Waals surface area contributed by atoms with Crippen LogP contribution in [0.25, 0.3) is 0 Å². The average Bonchev–Trinajstić information content (AvgIpc) is 2.96. The summed E-state index contributed by atoms with van der Waals surface area (Å²) in [7, 11) is 1.65. The second-order valence-corrected chi connectivity index (χ2v) is 10.9. The van der Waals surface area contributed by atoms with Crippen LogP contribution in [0.15, 0.2) is 71.1 Å². The molecule has 0 aromatic heterocycles. The van der Waals surface area contributed by atoms with Crippen LogP contribution in [0.1, 0.15) is 88.2 Å². The predicted molar refractivity (Wildman–Crippen MR) is 151 cm³/mol. The van der Waals surface area contributed by atoms with Gasteiger partial charge < -0.3 is 19.5 Å². The van der Waals surface area contributed by atoms with Crippen LogP contribution in [0.5, 0.6) is 11.5 Å². The number of carbonyl (C=O) groups excluding carboxylic acids is 2. The SMILES string of the molecule is CCCOc1ccc(C2C(C(=O)OC3CCCCC3)=C(C)NC3=C2C(=O)CC(c2ccc(OC)cc2)C3)cc1. The Morgan fingerprint density at radius 1 is 0.923 bits per heavy atom. The molecule has 0 saturated heterocycles. The molecule has 6 heteroatoms. The Kier molecular flexibility index (Phi) is 8.39. The first kappa shape index (κ1) is 27.0. The first-order chi connectivity index (χ1) is 19.0. The molecule has 0 amide bonds. The molecule has 39 heavy (non-hydrogen) atoms. The average molecular weight is 530 g/mol. The van der Waals surface area contributed by atoms with Gasteiger partial charge in [0.25, 0.3) is 0 Å². The quantitative estimate of drug-likeness (QED) is 0.383. The van der Waals surface area contributed by atoms with Gasteiger partial charge in [0.05, 0.1) is 19.3 Å². The number of Topliss-reactive ketones (excluding diaryl/α,β-unsaturated/α-hetero) is 1. The first-order valence-corrected chi connectivity index (χ1v) is 14.3. The Morgan fingerprint density at radius 2 is 1.59 bits per heavy atom. The lowest BCUT2D eigenvalue weighted by atomic mass is 9.71. The van der Waals surface area contributed by atoms with E-state index in [1.54, 1.807) is 7.11 Å². The van der Waals surface area contributed by atoms with E-state index in [0.717, 1.165) is 66.1 Å². The van der Waals surface area contributed by atoms with E-state index in [4.69, 9.17) is 14.2 Å². The summed E-state index contributed by atoms with van der Waals surface area (Å²) in [5, 5.41) is 3.47. The molecule has 206 valence electrons. The maximum Gasteiger partial charge on any atom is 0.337 e. The summed E-state index contributed by atoms with van der Waals surface area (Å²) in [4.78, 5) is 27.6. The maximum absolute atomic E-state index is 13.9. The molecule has 0 radical (unpaired) electrons. The van der Waals surface area contributed by atoms with Crippen LogP contribution in [0.3, 0.4) is 0 Å². The summed E-state index contributed by atoms with van der Waals surface area (Å²) in [6.45, 7) is 4.64. The Hall–Kier alpha value is -3.54. The van der Waals surface area contributed by atoms with E-state index in [1.807, 2.05) is 55.5 Å². The van der Waals surface area contributed by atoms with Crippen molar-refractivity contribution in [1.29, 1.82) is 0 Å². The van der Waals surface area contributed by atoms with Crippen LogP contribution >= 0.6 is 0 Å². The summed E-state index contributed by atoms with van der Waals surface area (Å²) in [5.74, 6) is 0.912. The van der Waals surface area contributed by atoms with Gasteiger partial charge in [-0.3, -0.25) is 4.79 Å². The molecule has 1 heterocycles. The van der Waals surface area contributed by atoms with Gasteiger partial charge in [-0.15, -0.1) is 0 Å². The molecule has 2 unspecified atom stereocenters. The lowest BCUT2D eigenvalue weighted by molar-refractivity contribution is -0.146. The van der Waals surface area contributed by atoms with Gasteiger partial charge in [-0.25, -0.2) is 4.79 Å². The maximum atomic E-state index is 13.9. The minimum Gasteiger partial charge on any atom is -0.497 e. The number of benzene rings is 2. The van der Waals surface area contributed by atoms with Gasteiger partial charge in [0, 0.05) is 29.3 Å². The zero-order valence-electron chi connectivity index (χ0n) is 23.3. The van der Waals surface area contributed by atoms with Crippen molar-refractivity contribution in [3.8, 4) is 11.5 Å². The van der Waals surface area contributed by atoms with E-state index in [1.165, 1.54) is 6.42 Å². The largest absolute Gasteiger partial charge is 0.497 e. The topological polar surface area (TPSA) is 73.9 Å². The predicted octanol–water partition coefficient (Wildman–Crippen LogP) is 6.72. The molecule has 2 aromatic rings. The number of rotatable bonds is 8. The Bertz CT molecular complexity index is 1250. The normalized spacial score (nSPS) is 21.8. The third kappa shape index (κ3) is 5.90. The van der Waals surface area contributed by atoms with Crippen molar-refractivity contribution in [3.63, 3.8) is 0 Å². The number of ether oxygens (including phenoxy) is 3. The van der Waals surface area contributed by atoms with E-state index in [9.17, 15) is 9.59 Å². The van der Waals surface area contributed by atoms with Gasteiger partial charge in [-0.05, 0) is 86.8 Å². The highest BCUT2D eigenvalue weighted by atomic mass is 16.5. The molecular formula is C33H39NO5. The Labute approximate surface area is 231 Å². The van der Waals surface area contributed by atoms with Crippen molar-refractivity contribution >= 4 is 11.8 Å². The van der Waals surface area contributed by atoms with Crippen LogP contribution in [-0.2, 0) is 14.3 Å². The summed E-state index contributed by atoms with van der Waals surface area (Å²) >= 11 is 0. The summed E-state index contributed by atoms with van der Waals surface area (Å²) in [5.41, 5.74) is 4.89. The number of hydrogen-bond donors (Lipinski definition) is 1. The fraction of sp³-hybridized carbons (Fsp3) is 0.455. The standard InChI is InChI=1S/C33H39NO5/c1-4-18-38-26-16-12-23(13-17-26)31-30(33(36)39-27-8-6-5-7-9-27)21(2)34-28-19-24(20-29(35)32(28)31)22-10-14-25(37-3)15-11-22/h10-17,24,27,31,34H,4-9,18-20H2,1-3H3. The van der Waals surface area contributed by atoms with Gasteiger partial charge in [0.15, 0.2) is 5.78 Å². The van der Waals surface area contributed by atoms with Crippen LogP contribution in [-0.4, -0.2) is 31.6 Å². The lowest BCUT2D eigenvalue weighted by Crippen LogP contribution is -2.37. The molecule has 1 aliphatic heterocycles.